The van der Waals surface area contributed by atoms with Crippen molar-refractivity contribution in [3.8, 4) is 0 Å². The van der Waals surface area contributed by atoms with Crippen LogP contribution in [0.1, 0.15) is 106 Å². The molecule has 30 atom stereocenters. The molecule has 23 nitrogen and oxygen atoms in total. The maximum absolute atomic E-state index is 12.8. The van der Waals surface area contributed by atoms with E-state index in [0.29, 0.717) is 44.9 Å². The number of hydrogen-bond acceptors (Lipinski definition) is 23. The van der Waals surface area contributed by atoms with Gasteiger partial charge < -0.3 is 114 Å². The standard InChI is InChI=1S/C53H90O23/c1-22(2)10-9-13-53(8,76-47-42(68)38(64)36(62)29(73-47)21-70-45-40(66)33(59)26(58)20-69-45)23-11-14-52(7)32(23)24(56)16-31-50(5)17-25(57)44(49(3,4)30(50)12-15-51(31,52)6)75-48-43(39(65)35(61)28(19-55)72-48)74-46-41(67)37(63)34(60)27(18-54)71-46/h23-48,54-68H,1,9-21H2,2-8H3. The molecule has 0 amide bonds. The molecule has 0 bridgehead atoms. The van der Waals surface area contributed by atoms with Gasteiger partial charge in [-0.3, -0.25) is 0 Å². The fourth-order valence-corrected chi connectivity index (χ4v) is 16.2. The van der Waals surface area contributed by atoms with Gasteiger partial charge >= 0.3 is 0 Å². The Morgan fingerprint density at radius 1 is 0.605 bits per heavy atom. The molecule has 0 aromatic carbocycles. The number of ether oxygens (including phenoxy) is 8. The van der Waals surface area contributed by atoms with E-state index in [1.54, 1.807) is 0 Å². The molecule has 4 saturated heterocycles. The van der Waals surface area contributed by atoms with Crippen molar-refractivity contribution < 1.29 is 114 Å². The van der Waals surface area contributed by atoms with Crippen LogP contribution < -0.4 is 0 Å². The van der Waals surface area contributed by atoms with Gasteiger partial charge in [0.25, 0.3) is 0 Å². The van der Waals surface area contributed by atoms with Gasteiger partial charge in [0.2, 0.25) is 0 Å². The highest BCUT2D eigenvalue weighted by molar-refractivity contribution is 5.21. The Balaban J connectivity index is 1.02. The van der Waals surface area contributed by atoms with Crippen LogP contribution in [-0.2, 0) is 37.9 Å². The van der Waals surface area contributed by atoms with Crippen molar-refractivity contribution >= 4 is 0 Å². The van der Waals surface area contributed by atoms with Crippen LogP contribution in [0.4, 0.5) is 0 Å². The Hall–Kier alpha value is -1.18. The third-order valence-electron chi connectivity index (χ3n) is 20.5. The lowest BCUT2D eigenvalue weighted by atomic mass is 9.35. The number of fused-ring (bicyclic) bond motifs is 5. The van der Waals surface area contributed by atoms with E-state index in [2.05, 4.69) is 27.4 Å². The number of aliphatic hydroxyl groups excluding tert-OH is 15. The van der Waals surface area contributed by atoms with Gasteiger partial charge in [0.15, 0.2) is 25.2 Å². The lowest BCUT2D eigenvalue weighted by molar-refractivity contribution is -0.383. The molecular formula is C53H90O23. The molecule has 8 aliphatic rings. The van der Waals surface area contributed by atoms with E-state index in [1.807, 2.05) is 27.7 Å². The highest BCUT2D eigenvalue weighted by Crippen LogP contribution is 2.76. The summed E-state index contributed by atoms with van der Waals surface area (Å²) in [5.41, 5.74) is -2.45. The van der Waals surface area contributed by atoms with Crippen molar-refractivity contribution in [3.63, 3.8) is 0 Å². The van der Waals surface area contributed by atoms with Crippen molar-refractivity contribution in [2.75, 3.05) is 26.4 Å². The second-order valence-corrected chi connectivity index (χ2v) is 25.5. The van der Waals surface area contributed by atoms with Crippen LogP contribution in [0.5, 0.6) is 0 Å². The molecular weight excluding hydrogens is 1000 g/mol. The third-order valence-corrected chi connectivity index (χ3v) is 20.5. The van der Waals surface area contributed by atoms with E-state index >= 15 is 0 Å². The SMILES string of the molecule is C=C(C)CCCC(C)(OC1OC(COC2OCC(O)C(O)C2O)C(O)C(O)C1O)C1CCC2(C)C1C(O)CC1C3(C)CC(O)C(OC4OC(CO)C(O)C(O)C4OC4OC(CO)C(O)C(O)C4O)C(C)(C)C3CCC12C. The van der Waals surface area contributed by atoms with Crippen LogP contribution in [-0.4, -0.2) is 244 Å². The zero-order chi connectivity index (χ0) is 55.9. The Bertz CT molecular complexity index is 1970. The van der Waals surface area contributed by atoms with Crippen molar-refractivity contribution in [3.05, 3.63) is 12.2 Å². The normalized spacial score (nSPS) is 53.2. The van der Waals surface area contributed by atoms with Crippen LogP contribution in [0.25, 0.3) is 0 Å². The van der Waals surface area contributed by atoms with Crippen molar-refractivity contribution in [2.45, 2.75) is 247 Å². The molecule has 0 aromatic rings. The van der Waals surface area contributed by atoms with Crippen molar-refractivity contribution in [1.82, 2.24) is 0 Å². The summed E-state index contributed by atoms with van der Waals surface area (Å²) in [4.78, 5) is 0. The molecule has 15 N–H and O–H groups in total. The van der Waals surface area contributed by atoms with E-state index in [9.17, 15) is 76.6 Å². The van der Waals surface area contributed by atoms with Gasteiger partial charge in [-0.05, 0) is 117 Å². The maximum Gasteiger partial charge on any atom is 0.187 e. The Morgan fingerprint density at radius 3 is 1.80 bits per heavy atom. The highest BCUT2D eigenvalue weighted by Gasteiger charge is 2.73. The first-order valence-corrected chi connectivity index (χ1v) is 27.4. The second kappa shape index (κ2) is 22.9. The summed E-state index contributed by atoms with van der Waals surface area (Å²) in [6.07, 6.45) is -28.2. The average Bonchev–Trinajstić information content (AvgIpc) is 3.95. The highest BCUT2D eigenvalue weighted by atomic mass is 16.8. The number of aliphatic hydroxyl groups is 15. The van der Waals surface area contributed by atoms with E-state index < -0.39 is 182 Å². The minimum Gasteiger partial charge on any atom is -0.394 e. The molecule has 440 valence electrons. The molecule has 23 heteroatoms. The summed E-state index contributed by atoms with van der Waals surface area (Å²) < 4.78 is 48.4. The quantitative estimate of drug-likeness (QED) is 0.0557. The Kier molecular flexibility index (Phi) is 18.3. The first-order valence-electron chi connectivity index (χ1n) is 27.4. The topological polar surface area (TPSA) is 377 Å². The molecule has 30 unspecified atom stereocenters. The van der Waals surface area contributed by atoms with Gasteiger partial charge in [-0.1, -0.05) is 40.2 Å². The maximum atomic E-state index is 12.8. The molecule has 8 rings (SSSR count). The van der Waals surface area contributed by atoms with Gasteiger partial charge in [0, 0.05) is 0 Å². The monoisotopic (exact) mass is 1090 g/mol. The summed E-state index contributed by atoms with van der Waals surface area (Å²) in [6, 6.07) is 0. The summed E-state index contributed by atoms with van der Waals surface area (Å²) in [5, 5.41) is 164. The van der Waals surface area contributed by atoms with Crippen LogP contribution >= 0.6 is 0 Å². The first kappa shape index (κ1) is 60.9. The molecule has 0 spiro atoms. The summed E-state index contributed by atoms with van der Waals surface area (Å²) in [5.74, 6) is -0.878. The van der Waals surface area contributed by atoms with Gasteiger partial charge in [-0.25, -0.2) is 0 Å². The van der Waals surface area contributed by atoms with Crippen molar-refractivity contribution in [2.24, 2.45) is 45.3 Å². The minimum atomic E-state index is -1.87. The molecule has 8 fully saturated rings. The van der Waals surface area contributed by atoms with E-state index in [1.165, 1.54) is 0 Å². The lowest BCUT2D eigenvalue weighted by Gasteiger charge is -2.71. The third kappa shape index (κ3) is 10.5. The molecule has 4 saturated carbocycles. The summed E-state index contributed by atoms with van der Waals surface area (Å²) >= 11 is 0. The molecule has 76 heavy (non-hydrogen) atoms. The predicted molar refractivity (Wildman–Crippen MR) is 262 cm³/mol. The number of hydrogen-bond donors (Lipinski definition) is 15. The van der Waals surface area contributed by atoms with Gasteiger partial charge in [-0.15, -0.1) is 6.58 Å². The Labute approximate surface area is 444 Å². The molecule has 4 aliphatic heterocycles. The van der Waals surface area contributed by atoms with Gasteiger partial charge in [-0.2, -0.15) is 0 Å². The van der Waals surface area contributed by atoms with Crippen LogP contribution in [0.2, 0.25) is 0 Å². The first-order chi connectivity index (χ1) is 35.5. The van der Waals surface area contributed by atoms with Crippen LogP contribution in [0, 0.1) is 45.3 Å². The van der Waals surface area contributed by atoms with Gasteiger partial charge in [0.05, 0.1) is 50.3 Å². The number of allylic oxidation sites excluding steroid dienone is 1. The van der Waals surface area contributed by atoms with Gasteiger partial charge in [0.1, 0.15) is 91.6 Å². The zero-order valence-corrected chi connectivity index (χ0v) is 44.9. The van der Waals surface area contributed by atoms with Crippen LogP contribution in [0.3, 0.4) is 0 Å². The van der Waals surface area contributed by atoms with E-state index in [4.69, 9.17) is 37.9 Å². The molecule has 0 radical (unpaired) electrons. The summed E-state index contributed by atoms with van der Waals surface area (Å²) in [6.45, 7) is 16.4. The fourth-order valence-electron chi connectivity index (χ4n) is 16.2. The van der Waals surface area contributed by atoms with E-state index in [0.717, 1.165) is 12.0 Å². The van der Waals surface area contributed by atoms with Crippen molar-refractivity contribution in [1.29, 1.82) is 0 Å². The molecule has 4 heterocycles. The zero-order valence-electron chi connectivity index (χ0n) is 44.9. The molecule has 4 aliphatic carbocycles. The minimum absolute atomic E-state index is 0.125. The fraction of sp³-hybridized carbons (Fsp3) is 0.962. The Morgan fingerprint density at radius 2 is 1.17 bits per heavy atom. The van der Waals surface area contributed by atoms with Crippen LogP contribution in [0.15, 0.2) is 12.2 Å². The van der Waals surface area contributed by atoms with E-state index in [-0.39, 0.29) is 36.7 Å². The smallest absolute Gasteiger partial charge is 0.187 e. The number of rotatable bonds is 16. The summed E-state index contributed by atoms with van der Waals surface area (Å²) in [7, 11) is 0. The predicted octanol–water partition coefficient (Wildman–Crippen LogP) is -2.59. The average molecular weight is 1100 g/mol. The lowest BCUT2D eigenvalue weighted by Crippen LogP contribution is -2.70. The molecule has 0 aromatic heterocycles. The second-order valence-electron chi connectivity index (χ2n) is 25.5. The largest absolute Gasteiger partial charge is 0.394 e.